The van der Waals surface area contributed by atoms with Crippen molar-refractivity contribution in [2.75, 3.05) is 32.8 Å². The Bertz CT molecular complexity index is 1970. The molecule has 57 heavy (non-hydrogen) atoms. The van der Waals surface area contributed by atoms with Crippen LogP contribution in [-0.2, 0) is 33.4 Å². The first kappa shape index (κ1) is 46.1. The van der Waals surface area contributed by atoms with Gasteiger partial charge in [0.2, 0.25) is 5.91 Å². The third-order valence-electron chi connectivity index (χ3n) is 10.5. The highest BCUT2D eigenvalue weighted by atomic mass is 35.5. The van der Waals surface area contributed by atoms with Gasteiger partial charge in [0.15, 0.2) is 0 Å². The topological polar surface area (TPSA) is 98.0 Å². The van der Waals surface area contributed by atoms with Crippen molar-refractivity contribution in [1.82, 2.24) is 19.4 Å². The first-order valence-electron chi connectivity index (χ1n) is 21.2. The number of phosphoric acid groups is 1. The normalized spacial score (nSPS) is 12.5. The van der Waals surface area contributed by atoms with Gasteiger partial charge >= 0.3 is 7.82 Å². The molecule has 3 aromatic carbocycles. The second kappa shape index (κ2) is 25.0. The fraction of sp³-hybridized carbons (Fsp3) is 0.500. The molecule has 0 aliphatic rings. The van der Waals surface area contributed by atoms with E-state index in [1.165, 1.54) is 73.4 Å². The number of aryl methyl sites for hydroxylation is 3. The number of aromatic nitrogens is 2. The van der Waals surface area contributed by atoms with E-state index < -0.39 is 7.82 Å². The highest BCUT2D eigenvalue weighted by Crippen LogP contribution is 2.44. The van der Waals surface area contributed by atoms with E-state index in [9.17, 15) is 14.3 Å². The Balaban J connectivity index is 0.000000940. The van der Waals surface area contributed by atoms with Crippen LogP contribution in [0.4, 0.5) is 0 Å². The zero-order valence-corrected chi connectivity index (χ0v) is 36.4. The van der Waals surface area contributed by atoms with E-state index in [-0.39, 0.29) is 18.3 Å². The number of nitrogens with one attached hydrogen (secondary N) is 1. The molecule has 0 fully saturated rings. The number of amides is 1. The van der Waals surface area contributed by atoms with E-state index in [0.717, 1.165) is 62.6 Å². The largest absolute Gasteiger partial charge is 0.527 e. The standard InChI is InChI=1S/C40H51ClN3O5P.C6H15N/c1-32-30-43(38-22-12-10-20-36(32)38)25-17-26-44-31-33(37-21-11-13-23-39(37)44)28-40(45)42-24-14-8-6-4-2-3-5-7-9-15-27-48-50(46,47)49-35-19-16-18-34(41)29-35;1-4-7(5-2)6-3/h10-13,16,18-23,29-31H,2-9,14-15,17,24-28H2,1H3,(H,42,45)(H,46,47);4-6H2,1-3H3. The number of fused-ring (bicyclic) bond motifs is 2. The molecule has 5 aromatic rings. The van der Waals surface area contributed by atoms with Gasteiger partial charge in [-0.2, -0.15) is 0 Å². The van der Waals surface area contributed by atoms with Crippen LogP contribution in [0.25, 0.3) is 21.8 Å². The molecule has 9 nitrogen and oxygen atoms in total. The van der Waals surface area contributed by atoms with E-state index >= 15 is 0 Å². The van der Waals surface area contributed by atoms with Crippen LogP contribution in [0.1, 0.15) is 103 Å². The van der Waals surface area contributed by atoms with E-state index in [1.54, 1.807) is 18.2 Å². The first-order chi connectivity index (χ1) is 27.6. The number of unbranched alkanes of at least 4 members (excludes halogenated alkanes) is 9. The minimum atomic E-state index is -4.15. The monoisotopic (exact) mass is 820 g/mol. The molecule has 2 N–H and O–H groups in total. The summed E-state index contributed by atoms with van der Waals surface area (Å²) < 4.78 is 26.9. The summed E-state index contributed by atoms with van der Waals surface area (Å²) in [5.74, 6) is 0.298. The van der Waals surface area contributed by atoms with Crippen LogP contribution < -0.4 is 9.84 Å². The second-order valence-corrected chi connectivity index (χ2v) is 16.6. The Labute approximate surface area is 346 Å². The van der Waals surface area contributed by atoms with Gasteiger partial charge in [-0.05, 0) is 87.3 Å². The van der Waals surface area contributed by atoms with Gasteiger partial charge in [-0.25, -0.2) is 4.57 Å². The summed E-state index contributed by atoms with van der Waals surface area (Å²) in [6, 6.07) is 23.3. The van der Waals surface area contributed by atoms with Crippen LogP contribution in [0.15, 0.2) is 85.2 Å². The maximum Gasteiger partial charge on any atom is 0.527 e. The van der Waals surface area contributed by atoms with Gasteiger partial charge < -0.3 is 23.9 Å². The van der Waals surface area contributed by atoms with Gasteiger partial charge in [0.25, 0.3) is 0 Å². The Hall–Kier alpha value is -3.59. The molecule has 2 heterocycles. The van der Waals surface area contributed by atoms with Gasteiger partial charge in [0.1, 0.15) is 5.75 Å². The second-order valence-electron chi connectivity index (χ2n) is 14.8. The van der Waals surface area contributed by atoms with Crippen LogP contribution in [0, 0.1) is 6.92 Å². The van der Waals surface area contributed by atoms with E-state index in [2.05, 4.69) is 108 Å². The smallest absolute Gasteiger partial charge is 0.404 e. The minimum absolute atomic E-state index is 0.0861. The third kappa shape index (κ3) is 15.9. The highest BCUT2D eigenvalue weighted by molar-refractivity contribution is 7.47. The predicted molar refractivity (Wildman–Crippen MR) is 237 cm³/mol. The van der Waals surface area contributed by atoms with Crippen molar-refractivity contribution in [3.05, 3.63) is 101 Å². The van der Waals surface area contributed by atoms with Crippen LogP contribution in [-0.4, -0.2) is 57.6 Å². The van der Waals surface area contributed by atoms with Crippen molar-refractivity contribution in [3.63, 3.8) is 0 Å². The molecule has 0 bridgehead atoms. The summed E-state index contributed by atoms with van der Waals surface area (Å²) in [7, 11) is -4.15. The molecule has 2 aromatic heterocycles. The van der Waals surface area contributed by atoms with Gasteiger partial charge in [0.05, 0.1) is 13.0 Å². The number of phosphoric ester groups is 1. The Morgan fingerprint density at radius 1 is 0.737 bits per heavy atom. The van der Waals surface area contributed by atoms with Crippen LogP contribution in [0.3, 0.4) is 0 Å². The lowest BCUT2D eigenvalue weighted by atomic mass is 10.1. The Morgan fingerprint density at radius 3 is 1.91 bits per heavy atom. The van der Waals surface area contributed by atoms with Crippen LogP contribution >= 0.6 is 19.4 Å². The van der Waals surface area contributed by atoms with Crippen molar-refractivity contribution in [2.45, 2.75) is 118 Å². The fourth-order valence-corrected chi connectivity index (χ4v) is 8.29. The molecule has 0 saturated heterocycles. The Kier molecular flexibility index (Phi) is 20.2. The molecular weight excluding hydrogens is 755 g/mol. The minimum Gasteiger partial charge on any atom is -0.404 e. The number of benzene rings is 3. The third-order valence-corrected chi connectivity index (χ3v) is 11.7. The summed E-state index contributed by atoms with van der Waals surface area (Å²) in [6.07, 6.45) is 16.6. The molecule has 1 amide bonds. The molecule has 5 rings (SSSR count). The zero-order valence-electron chi connectivity index (χ0n) is 34.8. The number of carbonyl (C=O) groups excluding carboxylic acids is 1. The first-order valence-corrected chi connectivity index (χ1v) is 23.0. The number of rotatable bonds is 25. The van der Waals surface area contributed by atoms with E-state index in [1.807, 2.05) is 0 Å². The van der Waals surface area contributed by atoms with Crippen molar-refractivity contribution in [1.29, 1.82) is 0 Å². The zero-order chi connectivity index (χ0) is 40.9. The van der Waals surface area contributed by atoms with E-state index in [4.69, 9.17) is 20.6 Å². The summed E-state index contributed by atoms with van der Waals surface area (Å²) >= 11 is 5.88. The van der Waals surface area contributed by atoms with Crippen molar-refractivity contribution in [2.24, 2.45) is 0 Å². The fourth-order valence-electron chi connectivity index (χ4n) is 7.31. The maximum atomic E-state index is 12.9. The van der Waals surface area contributed by atoms with Gasteiger partial charge in [-0.3, -0.25) is 14.2 Å². The Morgan fingerprint density at radius 2 is 1.30 bits per heavy atom. The highest BCUT2D eigenvalue weighted by Gasteiger charge is 2.22. The lowest BCUT2D eigenvalue weighted by molar-refractivity contribution is -0.120. The molecular formula is C46H66ClN4O5P. The van der Waals surface area contributed by atoms with Crippen molar-refractivity contribution < 1.29 is 23.3 Å². The lowest BCUT2D eigenvalue weighted by Gasteiger charge is -2.13. The molecule has 0 saturated carbocycles. The number of hydrogen-bond donors (Lipinski definition) is 2. The van der Waals surface area contributed by atoms with Crippen molar-refractivity contribution >= 4 is 47.1 Å². The summed E-state index contributed by atoms with van der Waals surface area (Å²) in [4.78, 5) is 25.1. The number of para-hydroxylation sites is 2. The molecule has 0 spiro atoms. The van der Waals surface area contributed by atoms with Gasteiger partial charge in [-0.1, -0.05) is 126 Å². The number of halogens is 1. The average molecular weight is 821 g/mol. The molecule has 312 valence electrons. The van der Waals surface area contributed by atoms with Gasteiger partial charge in [-0.15, -0.1) is 0 Å². The molecule has 11 heteroatoms. The van der Waals surface area contributed by atoms with Crippen LogP contribution in [0.2, 0.25) is 5.02 Å². The van der Waals surface area contributed by atoms with Crippen LogP contribution in [0.5, 0.6) is 5.75 Å². The molecule has 1 unspecified atom stereocenters. The number of carbonyl (C=O) groups is 1. The molecule has 0 aliphatic carbocycles. The molecule has 0 aliphatic heterocycles. The SMILES string of the molecule is CCN(CC)CC.Cc1cn(CCCn2cc(CC(=O)NCCCCCCCCCCCCOP(=O)(O)Oc3cccc(Cl)c3)c3ccccc32)c2ccccc12. The number of hydrogen-bond acceptors (Lipinski definition) is 5. The predicted octanol–water partition coefficient (Wildman–Crippen LogP) is 11.8. The average Bonchev–Trinajstić information content (AvgIpc) is 3.71. The van der Waals surface area contributed by atoms with E-state index in [0.29, 0.717) is 24.4 Å². The lowest BCUT2D eigenvalue weighted by Crippen LogP contribution is -2.26. The molecule has 1 atom stereocenters. The summed E-state index contributed by atoms with van der Waals surface area (Å²) in [6.45, 7) is 15.1. The maximum absolute atomic E-state index is 12.9. The quantitative estimate of drug-likeness (QED) is 0.0449. The summed E-state index contributed by atoms with van der Waals surface area (Å²) in [5, 5.41) is 6.05. The van der Waals surface area contributed by atoms with Gasteiger partial charge in [0, 0.05) is 58.9 Å². The summed E-state index contributed by atoms with van der Waals surface area (Å²) in [5.41, 5.74) is 4.87. The number of nitrogens with zero attached hydrogens (tertiary/aromatic N) is 3. The van der Waals surface area contributed by atoms with Crippen molar-refractivity contribution in [3.8, 4) is 5.75 Å². The molecule has 0 radical (unpaired) electrons.